The Morgan fingerprint density at radius 1 is 1.17 bits per heavy atom. The minimum Gasteiger partial charge on any atom is -1.00 e. The summed E-state index contributed by atoms with van der Waals surface area (Å²) in [6.45, 7) is 0.323. The van der Waals surface area contributed by atoms with Gasteiger partial charge in [0.05, 0.1) is 9.77 Å². The highest BCUT2D eigenvalue weighted by atomic mass is 79.9. The number of carbonyl (C=O) groups excluding carboxylic acids is 1. The van der Waals surface area contributed by atoms with Gasteiger partial charge in [0.25, 0.3) is 0 Å². The van der Waals surface area contributed by atoms with Crippen LogP contribution in [0.1, 0.15) is 33.8 Å². The molecule has 1 aromatic carbocycles. The maximum Gasteiger partial charge on any atom is 0.227 e. The number of nitrogens with zero attached hydrogens (tertiary/aromatic N) is 1. The first-order valence-corrected chi connectivity index (χ1v) is 10.0. The molecule has 1 aliphatic carbocycles. The smallest absolute Gasteiger partial charge is 0.227 e. The number of benzene rings is 1. The van der Waals surface area contributed by atoms with Gasteiger partial charge in [0.2, 0.25) is 17.8 Å². The van der Waals surface area contributed by atoms with Gasteiger partial charge in [-0.2, -0.15) is 4.57 Å². The zero-order chi connectivity index (χ0) is 15.7. The number of carbonyl (C=O) groups is 1. The van der Waals surface area contributed by atoms with Crippen molar-refractivity contribution in [1.82, 2.24) is 0 Å². The third kappa shape index (κ3) is 4.08. The summed E-state index contributed by atoms with van der Waals surface area (Å²) in [6.07, 6.45) is 5.73. The summed E-state index contributed by atoms with van der Waals surface area (Å²) in [6, 6.07) is 6.18. The van der Waals surface area contributed by atoms with Crippen LogP contribution >= 0.6 is 11.3 Å². The number of thiazole rings is 1. The van der Waals surface area contributed by atoms with Gasteiger partial charge >= 0.3 is 0 Å². The third-order valence-corrected chi connectivity index (χ3v) is 6.19. The molecule has 0 atom stereocenters. The van der Waals surface area contributed by atoms with Crippen LogP contribution in [-0.2, 0) is 29.2 Å². The number of sulfone groups is 1. The molecule has 0 spiro atoms. The van der Waals surface area contributed by atoms with Crippen LogP contribution in [0.3, 0.4) is 0 Å². The van der Waals surface area contributed by atoms with E-state index in [4.69, 9.17) is 0 Å². The molecule has 1 aromatic heterocycles. The summed E-state index contributed by atoms with van der Waals surface area (Å²) in [5.41, 5.74) is 3.87. The molecular formula is C16H18BrNO3S2. The second-order valence-corrected chi connectivity index (χ2v) is 8.60. The van der Waals surface area contributed by atoms with Crippen molar-refractivity contribution in [2.75, 3.05) is 6.26 Å². The van der Waals surface area contributed by atoms with Crippen molar-refractivity contribution >= 4 is 27.0 Å². The Morgan fingerprint density at radius 2 is 1.83 bits per heavy atom. The maximum absolute atomic E-state index is 12.4. The molecule has 0 saturated heterocycles. The van der Waals surface area contributed by atoms with Gasteiger partial charge in [0.1, 0.15) is 0 Å². The Kier molecular flexibility index (Phi) is 5.75. The molecule has 7 heteroatoms. The molecule has 0 fully saturated rings. The molecule has 0 saturated carbocycles. The van der Waals surface area contributed by atoms with Gasteiger partial charge in [0, 0.05) is 18.2 Å². The van der Waals surface area contributed by atoms with E-state index in [1.165, 1.54) is 35.5 Å². The molecule has 0 bridgehead atoms. The van der Waals surface area contributed by atoms with Crippen molar-refractivity contribution in [1.29, 1.82) is 0 Å². The Morgan fingerprint density at radius 3 is 2.48 bits per heavy atom. The number of aromatic nitrogens is 1. The van der Waals surface area contributed by atoms with E-state index in [0.717, 1.165) is 19.1 Å². The van der Waals surface area contributed by atoms with Crippen molar-refractivity contribution in [3.05, 3.63) is 45.9 Å². The van der Waals surface area contributed by atoms with E-state index in [9.17, 15) is 13.2 Å². The van der Waals surface area contributed by atoms with Crippen LogP contribution in [0.4, 0.5) is 0 Å². The number of ketones is 1. The molecule has 3 rings (SSSR count). The Balaban J connectivity index is 0.00000192. The zero-order valence-electron chi connectivity index (χ0n) is 12.8. The number of aryl methyl sites for hydroxylation is 1. The van der Waals surface area contributed by atoms with Gasteiger partial charge in [-0.15, -0.1) is 0 Å². The number of rotatable bonds is 4. The van der Waals surface area contributed by atoms with Crippen LogP contribution in [-0.4, -0.2) is 20.5 Å². The number of hydrogen-bond donors (Lipinski definition) is 0. The molecule has 0 N–H and O–H groups in total. The van der Waals surface area contributed by atoms with Crippen molar-refractivity contribution < 1.29 is 34.8 Å². The second kappa shape index (κ2) is 7.23. The molecule has 124 valence electrons. The highest BCUT2D eigenvalue weighted by Crippen LogP contribution is 2.22. The molecule has 0 aliphatic heterocycles. The first-order valence-electron chi connectivity index (χ1n) is 7.27. The van der Waals surface area contributed by atoms with Crippen LogP contribution in [0, 0.1) is 0 Å². The van der Waals surface area contributed by atoms with Crippen LogP contribution in [0.25, 0.3) is 0 Å². The summed E-state index contributed by atoms with van der Waals surface area (Å²) >= 11 is 1.73. The first kappa shape index (κ1) is 18.3. The number of hydrogen-bond acceptors (Lipinski definition) is 4. The van der Waals surface area contributed by atoms with Gasteiger partial charge in [-0.1, -0.05) is 11.3 Å². The van der Waals surface area contributed by atoms with E-state index in [2.05, 4.69) is 0 Å². The summed E-state index contributed by atoms with van der Waals surface area (Å²) in [5, 5.41) is 0. The van der Waals surface area contributed by atoms with Crippen molar-refractivity contribution in [3.63, 3.8) is 0 Å². The fraction of sp³-hybridized carbons (Fsp3) is 0.375. The SMILES string of the molecule is CS(=O)(=O)c1ccc(C(=O)C[n+]2csc3c2CCCC3)cc1.[Br-]. The lowest BCUT2D eigenvalue weighted by Crippen LogP contribution is -3.00. The summed E-state index contributed by atoms with van der Waals surface area (Å²) in [7, 11) is -3.22. The predicted octanol–water partition coefficient (Wildman–Crippen LogP) is -0.795. The van der Waals surface area contributed by atoms with Crippen LogP contribution in [0.15, 0.2) is 34.7 Å². The molecule has 2 aromatic rings. The van der Waals surface area contributed by atoms with E-state index in [1.54, 1.807) is 23.5 Å². The minimum absolute atomic E-state index is 0. The average Bonchev–Trinajstić information content (AvgIpc) is 2.90. The number of Topliss-reactive ketones (excluding diaryl/α,β-unsaturated/α-hetero) is 1. The molecule has 0 amide bonds. The fourth-order valence-corrected chi connectivity index (χ4v) is 4.45. The maximum atomic E-state index is 12.4. The lowest BCUT2D eigenvalue weighted by atomic mass is 10.0. The minimum atomic E-state index is -3.22. The molecule has 1 heterocycles. The standard InChI is InChI=1S/C16H18NO3S2.BrH/c1-22(19,20)13-8-6-12(7-9-13)15(18)10-17-11-21-16-5-3-2-4-14(16)17;/h6-9,11H,2-5,10H2,1H3;1H/q+1;/p-1. The highest BCUT2D eigenvalue weighted by Gasteiger charge is 2.24. The molecule has 0 unspecified atom stereocenters. The Bertz CT molecular complexity index is 810. The quantitative estimate of drug-likeness (QED) is 0.485. The number of halogens is 1. The summed E-state index contributed by atoms with van der Waals surface area (Å²) in [4.78, 5) is 14.0. The largest absolute Gasteiger partial charge is 1.00 e. The lowest BCUT2D eigenvalue weighted by molar-refractivity contribution is -0.686. The molecule has 0 radical (unpaired) electrons. The Labute approximate surface area is 150 Å². The predicted molar refractivity (Wildman–Crippen MR) is 85.0 cm³/mol. The zero-order valence-corrected chi connectivity index (χ0v) is 16.0. The van der Waals surface area contributed by atoms with Gasteiger partial charge in [-0.25, -0.2) is 8.42 Å². The third-order valence-electron chi connectivity index (χ3n) is 3.98. The van der Waals surface area contributed by atoms with E-state index in [-0.39, 0.29) is 27.7 Å². The summed E-state index contributed by atoms with van der Waals surface area (Å²) in [5.74, 6) is 0.0104. The summed E-state index contributed by atoms with van der Waals surface area (Å²) < 4.78 is 24.9. The van der Waals surface area contributed by atoms with Gasteiger partial charge in [-0.3, -0.25) is 4.79 Å². The van der Waals surface area contributed by atoms with Crippen LogP contribution in [0.2, 0.25) is 0 Å². The van der Waals surface area contributed by atoms with E-state index < -0.39 is 9.84 Å². The van der Waals surface area contributed by atoms with Gasteiger partial charge in [0.15, 0.2) is 15.5 Å². The molecular weight excluding hydrogens is 398 g/mol. The topological polar surface area (TPSA) is 55.1 Å². The number of fused-ring (bicyclic) bond motifs is 1. The van der Waals surface area contributed by atoms with E-state index >= 15 is 0 Å². The average molecular weight is 416 g/mol. The molecule has 1 aliphatic rings. The Hall–Kier alpha value is -1.05. The van der Waals surface area contributed by atoms with Crippen LogP contribution < -0.4 is 21.5 Å². The normalized spacial score (nSPS) is 14.0. The van der Waals surface area contributed by atoms with Crippen molar-refractivity contribution in [2.24, 2.45) is 0 Å². The first-order chi connectivity index (χ1) is 10.4. The van der Waals surface area contributed by atoms with Crippen molar-refractivity contribution in [3.8, 4) is 0 Å². The fourth-order valence-electron chi connectivity index (χ4n) is 2.75. The monoisotopic (exact) mass is 415 g/mol. The van der Waals surface area contributed by atoms with Gasteiger partial charge < -0.3 is 17.0 Å². The van der Waals surface area contributed by atoms with E-state index in [0.29, 0.717) is 12.1 Å². The highest BCUT2D eigenvalue weighted by molar-refractivity contribution is 7.90. The second-order valence-electron chi connectivity index (χ2n) is 5.65. The van der Waals surface area contributed by atoms with Crippen LogP contribution in [0.5, 0.6) is 0 Å². The van der Waals surface area contributed by atoms with E-state index in [1.807, 2.05) is 10.1 Å². The molecule has 23 heavy (non-hydrogen) atoms. The molecule has 4 nitrogen and oxygen atoms in total. The van der Waals surface area contributed by atoms with Gasteiger partial charge in [-0.05, 0) is 43.5 Å². The lowest BCUT2D eigenvalue weighted by Gasteiger charge is -2.07. The van der Waals surface area contributed by atoms with Crippen molar-refractivity contribution in [2.45, 2.75) is 37.1 Å².